The van der Waals surface area contributed by atoms with Crippen LogP contribution in [-0.4, -0.2) is 18.0 Å². The first kappa shape index (κ1) is 13.6. The molecule has 0 saturated carbocycles. The second kappa shape index (κ2) is 5.02. The van der Waals surface area contributed by atoms with Crippen molar-refractivity contribution >= 4 is 15.7 Å². The van der Waals surface area contributed by atoms with E-state index < -0.39 is 10.0 Å². The molecule has 0 aliphatic carbocycles. The number of sulfonamides is 1. The average molecular weight is 280 g/mol. The molecule has 0 spiro atoms. The molecule has 2 aromatic rings. The number of rotatable bonds is 4. The summed E-state index contributed by atoms with van der Waals surface area (Å²) in [5.41, 5.74) is 6.91. The summed E-state index contributed by atoms with van der Waals surface area (Å²) in [4.78, 5) is 4.14. The number of aromatic nitrogens is 2. The fraction of sp³-hybridized carbons (Fsp3) is 0.250. The highest BCUT2D eigenvalue weighted by Gasteiger charge is 2.17. The van der Waals surface area contributed by atoms with E-state index in [-0.39, 0.29) is 17.1 Å². The topological polar surface area (TPSA) is 90.0 Å². The third-order valence-corrected chi connectivity index (χ3v) is 4.27. The monoisotopic (exact) mass is 280 g/mol. The van der Waals surface area contributed by atoms with Gasteiger partial charge in [0.2, 0.25) is 10.0 Å². The highest BCUT2D eigenvalue weighted by Crippen LogP contribution is 2.19. The number of nitrogens with one attached hydrogen (secondary N) is 1. The number of nitrogens with zero attached hydrogens (tertiary/aromatic N) is 2. The third kappa shape index (κ3) is 2.94. The van der Waals surface area contributed by atoms with Crippen LogP contribution in [0.2, 0.25) is 0 Å². The molecule has 1 heterocycles. The smallest absolute Gasteiger partial charge is 0.243 e. The Hall–Kier alpha value is -1.86. The second-order valence-corrected chi connectivity index (χ2v) is 6.06. The summed E-state index contributed by atoms with van der Waals surface area (Å²) in [5.74, 6) is 0.634. The predicted molar refractivity (Wildman–Crippen MR) is 72.8 cm³/mol. The van der Waals surface area contributed by atoms with Crippen LogP contribution in [-0.2, 0) is 23.6 Å². The van der Waals surface area contributed by atoms with Crippen molar-refractivity contribution in [3.63, 3.8) is 0 Å². The van der Waals surface area contributed by atoms with Crippen molar-refractivity contribution in [2.75, 3.05) is 5.73 Å². The van der Waals surface area contributed by atoms with Gasteiger partial charge < -0.3 is 10.3 Å². The lowest BCUT2D eigenvalue weighted by Crippen LogP contribution is -2.25. The molecule has 19 heavy (non-hydrogen) atoms. The van der Waals surface area contributed by atoms with Gasteiger partial charge >= 0.3 is 0 Å². The van der Waals surface area contributed by atoms with Crippen molar-refractivity contribution in [1.29, 1.82) is 0 Å². The number of benzene rings is 1. The first-order valence-electron chi connectivity index (χ1n) is 5.72. The molecular formula is C12H16N4O2S. The normalized spacial score (nSPS) is 11.7. The Balaban J connectivity index is 2.21. The molecule has 6 nitrogen and oxygen atoms in total. The van der Waals surface area contributed by atoms with Crippen molar-refractivity contribution < 1.29 is 8.42 Å². The predicted octanol–water partition coefficient (Wildman–Crippen LogP) is 0.789. The Labute approximate surface area is 112 Å². The molecule has 0 bridgehead atoms. The first-order chi connectivity index (χ1) is 8.90. The Bertz CT molecular complexity index is 692. The van der Waals surface area contributed by atoms with Gasteiger partial charge in [0, 0.05) is 19.4 Å². The molecule has 0 amide bonds. The van der Waals surface area contributed by atoms with Crippen molar-refractivity contribution in [1.82, 2.24) is 14.3 Å². The fourth-order valence-electron chi connectivity index (χ4n) is 1.72. The Morgan fingerprint density at radius 3 is 2.74 bits per heavy atom. The van der Waals surface area contributed by atoms with Gasteiger partial charge in [-0.05, 0) is 24.6 Å². The van der Waals surface area contributed by atoms with E-state index in [0.717, 1.165) is 5.56 Å². The Morgan fingerprint density at radius 1 is 1.42 bits per heavy atom. The van der Waals surface area contributed by atoms with Gasteiger partial charge in [-0.2, -0.15) is 0 Å². The second-order valence-electron chi connectivity index (χ2n) is 4.32. The van der Waals surface area contributed by atoms with E-state index in [0.29, 0.717) is 5.82 Å². The van der Waals surface area contributed by atoms with Crippen molar-refractivity contribution in [2.24, 2.45) is 7.05 Å². The first-order valence-corrected chi connectivity index (χ1v) is 7.20. The standard InChI is InChI=1S/C12H16N4O2S/c1-9-3-4-11(10(13)7-9)19(17,18)15-8-12-14-5-6-16(12)2/h3-7,15H,8,13H2,1-2H3. The molecule has 0 fully saturated rings. The van der Waals surface area contributed by atoms with Crippen LogP contribution < -0.4 is 10.5 Å². The average Bonchev–Trinajstić information content (AvgIpc) is 2.72. The lowest BCUT2D eigenvalue weighted by atomic mass is 10.2. The molecule has 0 atom stereocenters. The lowest BCUT2D eigenvalue weighted by Gasteiger charge is -2.09. The highest BCUT2D eigenvalue weighted by atomic mass is 32.2. The van der Waals surface area contributed by atoms with Crippen LogP contribution >= 0.6 is 0 Å². The van der Waals surface area contributed by atoms with E-state index in [1.807, 2.05) is 6.92 Å². The molecule has 1 aromatic heterocycles. The molecule has 7 heteroatoms. The molecule has 0 radical (unpaired) electrons. The lowest BCUT2D eigenvalue weighted by molar-refractivity contribution is 0.578. The van der Waals surface area contributed by atoms with E-state index in [1.54, 1.807) is 36.1 Å². The summed E-state index contributed by atoms with van der Waals surface area (Å²) in [6.45, 7) is 1.98. The summed E-state index contributed by atoms with van der Waals surface area (Å²) < 4.78 is 28.5. The number of anilines is 1. The number of imidazole rings is 1. The minimum atomic E-state index is -3.63. The molecule has 0 unspecified atom stereocenters. The summed E-state index contributed by atoms with van der Waals surface area (Å²) >= 11 is 0. The molecule has 0 aliphatic rings. The van der Waals surface area contributed by atoms with Crippen LogP contribution in [0, 0.1) is 6.92 Å². The summed E-state index contributed by atoms with van der Waals surface area (Å²) in [6.07, 6.45) is 3.37. The number of aryl methyl sites for hydroxylation is 2. The number of nitrogen functional groups attached to an aromatic ring is 1. The maximum atomic E-state index is 12.1. The summed E-state index contributed by atoms with van der Waals surface area (Å²) in [7, 11) is -1.83. The van der Waals surface area contributed by atoms with Crippen molar-refractivity contribution in [3.05, 3.63) is 42.0 Å². The van der Waals surface area contributed by atoms with Gasteiger partial charge in [-0.3, -0.25) is 0 Å². The van der Waals surface area contributed by atoms with Gasteiger partial charge in [-0.15, -0.1) is 0 Å². The third-order valence-electron chi connectivity index (χ3n) is 2.80. The summed E-state index contributed by atoms with van der Waals surface area (Å²) in [6, 6.07) is 4.85. The van der Waals surface area contributed by atoms with Gasteiger partial charge in [0.05, 0.1) is 12.2 Å². The van der Waals surface area contributed by atoms with Gasteiger partial charge in [0.1, 0.15) is 10.7 Å². The van der Waals surface area contributed by atoms with Gasteiger partial charge in [0.25, 0.3) is 0 Å². The summed E-state index contributed by atoms with van der Waals surface area (Å²) in [5, 5.41) is 0. The van der Waals surface area contributed by atoms with Crippen molar-refractivity contribution in [2.45, 2.75) is 18.4 Å². The number of hydrogen-bond donors (Lipinski definition) is 2. The van der Waals surface area contributed by atoms with E-state index in [4.69, 9.17) is 5.73 Å². The van der Waals surface area contributed by atoms with Crippen LogP contribution in [0.1, 0.15) is 11.4 Å². The molecular weight excluding hydrogens is 264 g/mol. The maximum Gasteiger partial charge on any atom is 0.243 e. The molecule has 1 aromatic carbocycles. The largest absolute Gasteiger partial charge is 0.398 e. The van der Waals surface area contributed by atoms with E-state index in [1.165, 1.54) is 6.07 Å². The maximum absolute atomic E-state index is 12.1. The van der Waals surface area contributed by atoms with E-state index in [2.05, 4.69) is 9.71 Å². The fourth-order valence-corrected chi connectivity index (χ4v) is 2.81. The zero-order valence-corrected chi connectivity index (χ0v) is 11.6. The molecule has 0 saturated heterocycles. The zero-order valence-electron chi connectivity index (χ0n) is 10.8. The van der Waals surface area contributed by atoms with E-state index >= 15 is 0 Å². The number of hydrogen-bond acceptors (Lipinski definition) is 4. The van der Waals surface area contributed by atoms with Crippen LogP contribution in [0.5, 0.6) is 0 Å². The minimum absolute atomic E-state index is 0.0901. The van der Waals surface area contributed by atoms with Crippen LogP contribution in [0.25, 0.3) is 0 Å². The SMILES string of the molecule is Cc1ccc(S(=O)(=O)NCc2nccn2C)c(N)c1. The van der Waals surface area contributed by atoms with Gasteiger partial charge in [0.15, 0.2) is 0 Å². The molecule has 2 rings (SSSR count). The quantitative estimate of drug-likeness (QED) is 0.810. The van der Waals surface area contributed by atoms with E-state index in [9.17, 15) is 8.42 Å². The molecule has 102 valence electrons. The van der Waals surface area contributed by atoms with Crippen molar-refractivity contribution in [3.8, 4) is 0 Å². The molecule has 0 aliphatic heterocycles. The highest BCUT2D eigenvalue weighted by molar-refractivity contribution is 7.89. The minimum Gasteiger partial charge on any atom is -0.398 e. The Morgan fingerprint density at radius 2 is 2.16 bits per heavy atom. The van der Waals surface area contributed by atoms with Crippen LogP contribution in [0.4, 0.5) is 5.69 Å². The molecule has 3 N–H and O–H groups in total. The van der Waals surface area contributed by atoms with Gasteiger partial charge in [-0.1, -0.05) is 6.07 Å². The zero-order chi connectivity index (χ0) is 14.0. The number of nitrogens with two attached hydrogens (primary N) is 1. The van der Waals surface area contributed by atoms with Crippen LogP contribution in [0.15, 0.2) is 35.5 Å². The Kier molecular flexibility index (Phi) is 3.59. The van der Waals surface area contributed by atoms with Gasteiger partial charge in [-0.25, -0.2) is 18.1 Å². The van der Waals surface area contributed by atoms with Crippen LogP contribution in [0.3, 0.4) is 0 Å².